The number of benzene rings is 1. The van der Waals surface area contributed by atoms with Crippen molar-refractivity contribution in [1.82, 2.24) is 0 Å². The standard InChI is InChI=1S/C12H17NO2/c1-2-9-3-5-10(6-4-9)11(7-8-13)12(14)15/h3-6,11H,2,7-8,13H2,1H3,(H,14,15). The summed E-state index contributed by atoms with van der Waals surface area (Å²) in [6.45, 7) is 2.47. The molecule has 82 valence electrons. The molecule has 0 aromatic heterocycles. The first-order valence-corrected chi connectivity index (χ1v) is 5.20. The minimum atomic E-state index is -0.801. The highest BCUT2D eigenvalue weighted by Crippen LogP contribution is 2.20. The van der Waals surface area contributed by atoms with Gasteiger partial charge in [0.2, 0.25) is 0 Å². The van der Waals surface area contributed by atoms with Gasteiger partial charge in [-0.25, -0.2) is 0 Å². The zero-order valence-electron chi connectivity index (χ0n) is 8.94. The summed E-state index contributed by atoms with van der Waals surface area (Å²) in [6.07, 6.45) is 1.45. The lowest BCUT2D eigenvalue weighted by molar-refractivity contribution is -0.138. The fourth-order valence-corrected chi connectivity index (χ4v) is 1.59. The van der Waals surface area contributed by atoms with Crippen LogP contribution < -0.4 is 5.73 Å². The van der Waals surface area contributed by atoms with Crippen molar-refractivity contribution in [3.05, 3.63) is 35.4 Å². The van der Waals surface area contributed by atoms with Gasteiger partial charge in [0, 0.05) is 0 Å². The van der Waals surface area contributed by atoms with Crippen molar-refractivity contribution in [2.24, 2.45) is 5.73 Å². The van der Waals surface area contributed by atoms with Crippen molar-refractivity contribution in [2.75, 3.05) is 6.54 Å². The molecule has 0 radical (unpaired) electrons. The van der Waals surface area contributed by atoms with Gasteiger partial charge in [-0.15, -0.1) is 0 Å². The van der Waals surface area contributed by atoms with Crippen LogP contribution in [0.4, 0.5) is 0 Å². The van der Waals surface area contributed by atoms with Crippen LogP contribution in [0.15, 0.2) is 24.3 Å². The Labute approximate surface area is 89.9 Å². The summed E-state index contributed by atoms with van der Waals surface area (Å²) in [5.74, 6) is -1.27. The second-order valence-corrected chi connectivity index (χ2v) is 3.56. The van der Waals surface area contributed by atoms with Crippen LogP contribution in [0.25, 0.3) is 0 Å². The predicted molar refractivity (Wildman–Crippen MR) is 59.9 cm³/mol. The number of carboxylic acids is 1. The van der Waals surface area contributed by atoms with Gasteiger partial charge >= 0.3 is 5.97 Å². The Morgan fingerprint density at radius 1 is 1.40 bits per heavy atom. The summed E-state index contributed by atoms with van der Waals surface area (Å²) in [5, 5.41) is 9.03. The van der Waals surface area contributed by atoms with E-state index in [2.05, 4.69) is 6.92 Å². The second-order valence-electron chi connectivity index (χ2n) is 3.56. The number of carbonyl (C=O) groups is 1. The maximum atomic E-state index is 11.0. The van der Waals surface area contributed by atoms with E-state index in [0.717, 1.165) is 12.0 Å². The SMILES string of the molecule is CCc1ccc(C(CCN)C(=O)O)cc1. The zero-order chi connectivity index (χ0) is 11.3. The normalized spacial score (nSPS) is 12.4. The summed E-state index contributed by atoms with van der Waals surface area (Å²) in [5.41, 5.74) is 7.45. The van der Waals surface area contributed by atoms with Crippen molar-refractivity contribution < 1.29 is 9.90 Å². The van der Waals surface area contributed by atoms with Gasteiger partial charge in [0.05, 0.1) is 5.92 Å². The Kier molecular flexibility index (Phi) is 4.31. The Bertz CT molecular complexity index is 319. The minimum absolute atomic E-state index is 0.395. The van der Waals surface area contributed by atoms with Gasteiger partial charge in [0.15, 0.2) is 0 Å². The Hall–Kier alpha value is -1.35. The number of aryl methyl sites for hydroxylation is 1. The van der Waals surface area contributed by atoms with E-state index < -0.39 is 11.9 Å². The van der Waals surface area contributed by atoms with Crippen LogP contribution in [0.2, 0.25) is 0 Å². The molecule has 0 bridgehead atoms. The molecule has 1 aromatic rings. The van der Waals surface area contributed by atoms with Gasteiger partial charge in [0.1, 0.15) is 0 Å². The molecule has 0 amide bonds. The Morgan fingerprint density at radius 2 is 2.00 bits per heavy atom. The van der Waals surface area contributed by atoms with Crippen LogP contribution in [0.5, 0.6) is 0 Å². The smallest absolute Gasteiger partial charge is 0.311 e. The summed E-state index contributed by atoms with van der Waals surface area (Å²) < 4.78 is 0. The van der Waals surface area contributed by atoms with Crippen LogP contribution in [0, 0.1) is 0 Å². The predicted octanol–water partition coefficient (Wildman–Crippen LogP) is 1.77. The maximum absolute atomic E-state index is 11.0. The molecule has 1 aromatic carbocycles. The highest BCUT2D eigenvalue weighted by Gasteiger charge is 2.18. The fourth-order valence-electron chi connectivity index (χ4n) is 1.59. The summed E-state index contributed by atoms with van der Waals surface area (Å²) in [4.78, 5) is 11.0. The summed E-state index contributed by atoms with van der Waals surface area (Å²) in [6, 6.07) is 7.71. The molecule has 0 heterocycles. The molecule has 3 nitrogen and oxygen atoms in total. The average molecular weight is 207 g/mol. The monoisotopic (exact) mass is 207 g/mol. The molecule has 1 atom stereocenters. The quantitative estimate of drug-likeness (QED) is 0.773. The molecular weight excluding hydrogens is 190 g/mol. The molecule has 1 unspecified atom stereocenters. The van der Waals surface area contributed by atoms with Gasteiger partial charge in [-0.2, -0.15) is 0 Å². The van der Waals surface area contributed by atoms with E-state index in [-0.39, 0.29) is 0 Å². The molecule has 15 heavy (non-hydrogen) atoms. The van der Waals surface area contributed by atoms with Crippen LogP contribution in [-0.2, 0) is 11.2 Å². The third-order valence-corrected chi connectivity index (χ3v) is 2.54. The first kappa shape index (κ1) is 11.7. The van der Waals surface area contributed by atoms with Gasteiger partial charge in [-0.1, -0.05) is 31.2 Å². The van der Waals surface area contributed by atoms with E-state index in [1.165, 1.54) is 5.56 Å². The lowest BCUT2D eigenvalue weighted by Crippen LogP contribution is -2.16. The Balaban J connectivity index is 2.86. The third-order valence-electron chi connectivity index (χ3n) is 2.54. The van der Waals surface area contributed by atoms with Crippen molar-refractivity contribution in [1.29, 1.82) is 0 Å². The van der Waals surface area contributed by atoms with E-state index >= 15 is 0 Å². The molecule has 0 aliphatic heterocycles. The summed E-state index contributed by atoms with van der Waals surface area (Å²) >= 11 is 0. The second kappa shape index (κ2) is 5.51. The number of hydrogen-bond donors (Lipinski definition) is 2. The minimum Gasteiger partial charge on any atom is -0.481 e. The highest BCUT2D eigenvalue weighted by atomic mass is 16.4. The number of aliphatic carboxylic acids is 1. The fraction of sp³-hybridized carbons (Fsp3) is 0.417. The van der Waals surface area contributed by atoms with E-state index in [4.69, 9.17) is 10.8 Å². The third kappa shape index (κ3) is 3.06. The number of carboxylic acid groups (broad SMARTS) is 1. The number of hydrogen-bond acceptors (Lipinski definition) is 2. The van der Waals surface area contributed by atoms with Crippen molar-refractivity contribution in [2.45, 2.75) is 25.7 Å². The molecule has 0 aliphatic carbocycles. The lowest BCUT2D eigenvalue weighted by Gasteiger charge is -2.11. The molecule has 0 spiro atoms. The lowest BCUT2D eigenvalue weighted by atomic mass is 9.95. The molecular formula is C12H17NO2. The Morgan fingerprint density at radius 3 is 2.40 bits per heavy atom. The molecule has 0 saturated carbocycles. The van der Waals surface area contributed by atoms with E-state index in [0.29, 0.717) is 13.0 Å². The van der Waals surface area contributed by atoms with Crippen LogP contribution >= 0.6 is 0 Å². The van der Waals surface area contributed by atoms with Crippen LogP contribution in [0.3, 0.4) is 0 Å². The number of rotatable bonds is 5. The topological polar surface area (TPSA) is 63.3 Å². The molecule has 3 N–H and O–H groups in total. The van der Waals surface area contributed by atoms with Crippen LogP contribution in [-0.4, -0.2) is 17.6 Å². The first-order chi connectivity index (χ1) is 7.19. The number of nitrogens with two attached hydrogens (primary N) is 1. The molecule has 1 rings (SSSR count). The van der Waals surface area contributed by atoms with Gasteiger partial charge < -0.3 is 10.8 Å². The largest absolute Gasteiger partial charge is 0.481 e. The molecule has 0 saturated heterocycles. The maximum Gasteiger partial charge on any atom is 0.311 e. The van der Waals surface area contributed by atoms with E-state index in [9.17, 15) is 4.79 Å². The zero-order valence-corrected chi connectivity index (χ0v) is 8.94. The van der Waals surface area contributed by atoms with Crippen LogP contribution in [0.1, 0.15) is 30.4 Å². The van der Waals surface area contributed by atoms with E-state index in [1.54, 1.807) is 0 Å². The molecule has 0 fully saturated rings. The van der Waals surface area contributed by atoms with Crippen molar-refractivity contribution in [3.63, 3.8) is 0 Å². The molecule has 0 aliphatic rings. The van der Waals surface area contributed by atoms with Crippen molar-refractivity contribution in [3.8, 4) is 0 Å². The summed E-state index contributed by atoms with van der Waals surface area (Å²) in [7, 11) is 0. The highest BCUT2D eigenvalue weighted by molar-refractivity contribution is 5.76. The van der Waals surface area contributed by atoms with Crippen molar-refractivity contribution >= 4 is 5.97 Å². The van der Waals surface area contributed by atoms with Gasteiger partial charge in [-0.05, 0) is 30.5 Å². The average Bonchev–Trinajstić information content (AvgIpc) is 2.26. The van der Waals surface area contributed by atoms with Gasteiger partial charge in [-0.3, -0.25) is 4.79 Å². The van der Waals surface area contributed by atoms with Gasteiger partial charge in [0.25, 0.3) is 0 Å². The van der Waals surface area contributed by atoms with E-state index in [1.807, 2.05) is 24.3 Å². The first-order valence-electron chi connectivity index (χ1n) is 5.20. The molecule has 3 heteroatoms.